The van der Waals surface area contributed by atoms with E-state index in [1.165, 1.54) is 4.88 Å². The molecule has 6 nitrogen and oxygen atoms in total. The molecular formula is C22H26N2O4S2. The summed E-state index contributed by atoms with van der Waals surface area (Å²) in [6.07, 6.45) is 2.15. The van der Waals surface area contributed by atoms with Gasteiger partial charge in [-0.2, -0.15) is 0 Å². The highest BCUT2D eigenvalue weighted by Gasteiger charge is 2.34. The first-order chi connectivity index (χ1) is 14.3. The molecule has 1 atom stereocenters. The van der Waals surface area contributed by atoms with E-state index in [4.69, 9.17) is 4.42 Å². The van der Waals surface area contributed by atoms with Crippen LogP contribution in [0, 0.1) is 13.8 Å². The minimum Gasteiger partial charge on any atom is -0.468 e. The van der Waals surface area contributed by atoms with Gasteiger partial charge in [0.15, 0.2) is 15.6 Å². The van der Waals surface area contributed by atoms with Gasteiger partial charge in [0.1, 0.15) is 5.76 Å². The maximum atomic E-state index is 13.3. The van der Waals surface area contributed by atoms with Crippen molar-refractivity contribution in [3.63, 3.8) is 0 Å². The molecule has 0 aliphatic carbocycles. The predicted octanol–water partition coefficient (Wildman–Crippen LogP) is 3.68. The second-order valence-electron chi connectivity index (χ2n) is 7.91. The normalized spacial score (nSPS) is 18.3. The van der Waals surface area contributed by atoms with Crippen LogP contribution in [0.15, 0.2) is 46.4 Å². The van der Waals surface area contributed by atoms with Gasteiger partial charge in [-0.05, 0) is 49.9 Å². The third-order valence-electron chi connectivity index (χ3n) is 5.78. The van der Waals surface area contributed by atoms with E-state index in [2.05, 4.69) is 16.0 Å². The molecule has 1 saturated heterocycles. The Hall–Kier alpha value is -2.16. The van der Waals surface area contributed by atoms with Crippen LogP contribution in [0.1, 0.15) is 38.8 Å². The molecule has 0 unspecified atom stereocenters. The van der Waals surface area contributed by atoms with Gasteiger partial charge >= 0.3 is 0 Å². The van der Waals surface area contributed by atoms with Gasteiger partial charge in [-0.3, -0.25) is 9.69 Å². The Morgan fingerprint density at radius 2 is 2.13 bits per heavy atom. The van der Waals surface area contributed by atoms with Crippen molar-refractivity contribution in [2.24, 2.45) is 0 Å². The molecule has 1 aliphatic rings. The average molecular weight is 447 g/mol. The van der Waals surface area contributed by atoms with Crippen molar-refractivity contribution in [1.82, 2.24) is 9.47 Å². The zero-order valence-corrected chi connectivity index (χ0v) is 18.8. The molecule has 0 aromatic carbocycles. The van der Waals surface area contributed by atoms with Crippen molar-refractivity contribution in [1.29, 1.82) is 0 Å². The first-order valence-corrected chi connectivity index (χ1v) is 12.7. The molecule has 1 fully saturated rings. The van der Waals surface area contributed by atoms with E-state index in [9.17, 15) is 13.2 Å². The van der Waals surface area contributed by atoms with Crippen molar-refractivity contribution in [3.05, 3.63) is 69.6 Å². The maximum Gasteiger partial charge on any atom is 0.178 e. The van der Waals surface area contributed by atoms with Crippen LogP contribution in [0.3, 0.4) is 0 Å². The number of carbonyl (C=O) groups excluding carboxylic acids is 1. The Morgan fingerprint density at radius 3 is 2.77 bits per heavy atom. The second kappa shape index (κ2) is 8.53. The number of Topliss-reactive ketones (excluding diaryl/α,β-unsaturated/α-hetero) is 1. The molecule has 0 N–H and O–H groups in total. The van der Waals surface area contributed by atoms with Gasteiger partial charge in [-0.15, -0.1) is 11.3 Å². The summed E-state index contributed by atoms with van der Waals surface area (Å²) >= 11 is 1.70. The van der Waals surface area contributed by atoms with Crippen LogP contribution in [0.5, 0.6) is 0 Å². The van der Waals surface area contributed by atoms with E-state index in [1.54, 1.807) is 23.7 Å². The van der Waals surface area contributed by atoms with Gasteiger partial charge in [0.25, 0.3) is 0 Å². The van der Waals surface area contributed by atoms with Gasteiger partial charge in [-0.1, -0.05) is 6.07 Å². The third-order valence-corrected chi connectivity index (χ3v) is 8.39. The first kappa shape index (κ1) is 21.1. The van der Waals surface area contributed by atoms with Gasteiger partial charge < -0.3 is 8.98 Å². The highest BCUT2D eigenvalue weighted by molar-refractivity contribution is 7.91. The number of aromatic nitrogens is 1. The quantitative estimate of drug-likeness (QED) is 0.494. The number of nitrogens with zero attached hydrogens (tertiary/aromatic N) is 2. The third kappa shape index (κ3) is 4.61. The standard InChI is InChI=1S/C22H26N2O4S2/c1-16-11-21(17(2)24(16)13-20-6-4-9-29-20)22(25)14-23(12-19-5-3-8-28-19)18-7-10-30(26,27)15-18/h3-6,8-9,11,18H,7,10,12-15H2,1-2H3/t18-/m1/s1. The predicted molar refractivity (Wildman–Crippen MR) is 118 cm³/mol. The van der Waals surface area contributed by atoms with Crippen molar-refractivity contribution < 1.29 is 17.6 Å². The summed E-state index contributed by atoms with van der Waals surface area (Å²) < 4.78 is 31.7. The minimum absolute atomic E-state index is 0.0105. The summed E-state index contributed by atoms with van der Waals surface area (Å²) in [4.78, 5) is 16.5. The fourth-order valence-corrected chi connectivity index (χ4v) is 6.59. The second-order valence-corrected chi connectivity index (χ2v) is 11.2. The summed E-state index contributed by atoms with van der Waals surface area (Å²) in [5.74, 6) is 1.01. The molecule has 0 bridgehead atoms. The molecule has 0 spiro atoms. The van der Waals surface area contributed by atoms with Gasteiger partial charge in [0, 0.05) is 27.9 Å². The van der Waals surface area contributed by atoms with E-state index in [0.717, 1.165) is 23.7 Å². The Labute approximate surface area is 181 Å². The van der Waals surface area contributed by atoms with Crippen LogP contribution in [-0.4, -0.2) is 47.8 Å². The lowest BCUT2D eigenvalue weighted by atomic mass is 10.1. The molecule has 4 heterocycles. The zero-order chi connectivity index (χ0) is 21.3. The smallest absolute Gasteiger partial charge is 0.178 e. The van der Waals surface area contributed by atoms with Crippen molar-refractivity contribution >= 4 is 27.0 Å². The SMILES string of the molecule is Cc1cc(C(=O)CN(Cc2ccco2)[C@@H]2CCS(=O)(=O)C2)c(C)n1Cc1cccs1. The van der Waals surface area contributed by atoms with Crippen molar-refractivity contribution in [2.45, 2.75) is 39.4 Å². The number of hydrogen-bond donors (Lipinski definition) is 0. The first-order valence-electron chi connectivity index (χ1n) is 10.0. The lowest BCUT2D eigenvalue weighted by molar-refractivity contribution is 0.0883. The van der Waals surface area contributed by atoms with E-state index in [1.807, 2.05) is 36.9 Å². The molecule has 8 heteroatoms. The Bertz CT molecular complexity index is 1110. The van der Waals surface area contributed by atoms with Crippen LogP contribution in [0.2, 0.25) is 0 Å². The number of ketones is 1. The van der Waals surface area contributed by atoms with Gasteiger partial charge in [-0.25, -0.2) is 8.42 Å². The van der Waals surface area contributed by atoms with Crippen LogP contribution in [-0.2, 0) is 22.9 Å². The lowest BCUT2D eigenvalue weighted by Gasteiger charge is -2.26. The van der Waals surface area contributed by atoms with Crippen LogP contribution in [0.4, 0.5) is 0 Å². The molecular weight excluding hydrogens is 420 g/mol. The number of rotatable bonds is 8. The van der Waals surface area contributed by atoms with Crippen LogP contribution >= 0.6 is 11.3 Å². The summed E-state index contributed by atoms with van der Waals surface area (Å²) in [7, 11) is -3.05. The molecule has 0 saturated carbocycles. The van der Waals surface area contributed by atoms with Gasteiger partial charge in [0.2, 0.25) is 0 Å². The molecule has 4 rings (SSSR count). The molecule has 3 aromatic heterocycles. The number of carbonyl (C=O) groups is 1. The zero-order valence-electron chi connectivity index (χ0n) is 17.2. The van der Waals surface area contributed by atoms with Crippen molar-refractivity contribution in [2.75, 3.05) is 18.1 Å². The highest BCUT2D eigenvalue weighted by Crippen LogP contribution is 2.23. The molecule has 0 amide bonds. The van der Waals surface area contributed by atoms with E-state index >= 15 is 0 Å². The number of furan rings is 1. The Kier molecular flexibility index (Phi) is 5.99. The van der Waals surface area contributed by atoms with Crippen molar-refractivity contribution in [3.8, 4) is 0 Å². The Balaban J connectivity index is 1.55. The molecule has 1 aliphatic heterocycles. The number of hydrogen-bond acceptors (Lipinski definition) is 6. The summed E-state index contributed by atoms with van der Waals surface area (Å²) in [5.41, 5.74) is 2.70. The molecule has 30 heavy (non-hydrogen) atoms. The van der Waals surface area contributed by atoms with E-state index < -0.39 is 9.84 Å². The van der Waals surface area contributed by atoms with Gasteiger partial charge in [0.05, 0.1) is 37.4 Å². The van der Waals surface area contributed by atoms with E-state index in [-0.39, 0.29) is 29.9 Å². The summed E-state index contributed by atoms with van der Waals surface area (Å²) in [5, 5.41) is 2.05. The van der Waals surface area contributed by atoms with Crippen LogP contribution < -0.4 is 0 Å². The highest BCUT2D eigenvalue weighted by atomic mass is 32.2. The molecule has 3 aromatic rings. The average Bonchev–Trinajstić information content (AvgIpc) is 3.47. The number of thiophene rings is 1. The summed E-state index contributed by atoms with van der Waals surface area (Å²) in [6, 6.07) is 9.56. The Morgan fingerprint density at radius 1 is 1.30 bits per heavy atom. The minimum atomic E-state index is -3.05. The fourth-order valence-electron chi connectivity index (χ4n) is 4.13. The fraction of sp³-hybridized carbons (Fsp3) is 0.409. The topological polar surface area (TPSA) is 72.5 Å². The van der Waals surface area contributed by atoms with E-state index in [0.29, 0.717) is 18.5 Å². The molecule has 0 radical (unpaired) electrons. The monoisotopic (exact) mass is 446 g/mol. The largest absolute Gasteiger partial charge is 0.468 e. The summed E-state index contributed by atoms with van der Waals surface area (Å²) in [6.45, 7) is 5.34. The molecule has 160 valence electrons. The lowest BCUT2D eigenvalue weighted by Crippen LogP contribution is -2.39. The van der Waals surface area contributed by atoms with Crippen LogP contribution in [0.25, 0.3) is 0 Å². The number of aryl methyl sites for hydroxylation is 1. The number of sulfone groups is 1. The maximum absolute atomic E-state index is 13.3.